The largest absolute Gasteiger partial charge is 0.506 e. The zero-order valence-corrected chi connectivity index (χ0v) is 11.1. The molecule has 0 aromatic carbocycles. The maximum Gasteiger partial charge on any atom is 0.257 e. The molecule has 0 aliphatic carbocycles. The summed E-state index contributed by atoms with van der Waals surface area (Å²) < 4.78 is 0. The predicted molar refractivity (Wildman–Crippen MR) is 76.1 cm³/mol. The molecule has 2 aromatic rings. The smallest absolute Gasteiger partial charge is 0.257 e. The van der Waals surface area contributed by atoms with Gasteiger partial charge >= 0.3 is 0 Å². The molecule has 5 heteroatoms. The van der Waals surface area contributed by atoms with Crippen LogP contribution in [0, 0.1) is 13.8 Å². The van der Waals surface area contributed by atoms with Crippen LogP contribution < -0.4 is 5.32 Å². The molecule has 20 heavy (non-hydrogen) atoms. The third kappa shape index (κ3) is 1.84. The second-order valence-electron chi connectivity index (χ2n) is 4.69. The average Bonchev–Trinajstić information content (AvgIpc) is 2.74. The fourth-order valence-corrected chi connectivity index (χ4v) is 2.32. The summed E-state index contributed by atoms with van der Waals surface area (Å²) in [6, 6.07) is 3.63. The first-order valence-corrected chi connectivity index (χ1v) is 6.21. The van der Waals surface area contributed by atoms with Gasteiger partial charge in [-0.15, -0.1) is 0 Å². The van der Waals surface area contributed by atoms with Crippen molar-refractivity contribution < 1.29 is 9.90 Å². The Balaban J connectivity index is 2.20. The van der Waals surface area contributed by atoms with Crippen molar-refractivity contribution in [2.45, 2.75) is 13.8 Å². The molecule has 100 valence electrons. The Hall–Kier alpha value is -2.69. The van der Waals surface area contributed by atoms with E-state index >= 15 is 0 Å². The average molecular weight is 267 g/mol. The number of carbonyl (C=O) groups is 1. The van der Waals surface area contributed by atoms with Gasteiger partial charge in [-0.1, -0.05) is 0 Å². The van der Waals surface area contributed by atoms with Crippen LogP contribution in [0.15, 0.2) is 24.5 Å². The number of fused-ring (bicyclic) bond motifs is 1. The Morgan fingerprint density at radius 2 is 1.95 bits per heavy atom. The lowest BCUT2D eigenvalue weighted by Crippen LogP contribution is -2.04. The number of nitrogens with zero attached hydrogens (tertiary/aromatic N) is 2. The van der Waals surface area contributed by atoms with Crippen molar-refractivity contribution in [1.29, 1.82) is 0 Å². The number of carbonyl (C=O) groups excluding carboxylic acids is 1. The van der Waals surface area contributed by atoms with E-state index in [0.717, 1.165) is 5.56 Å². The van der Waals surface area contributed by atoms with Gasteiger partial charge in [0.2, 0.25) is 0 Å². The van der Waals surface area contributed by atoms with Crippen molar-refractivity contribution in [1.82, 2.24) is 9.97 Å². The maximum absolute atomic E-state index is 12.1. The van der Waals surface area contributed by atoms with E-state index in [1.807, 2.05) is 12.1 Å². The Kier molecular flexibility index (Phi) is 2.75. The zero-order valence-electron chi connectivity index (χ0n) is 11.1. The summed E-state index contributed by atoms with van der Waals surface area (Å²) in [6.45, 7) is 3.49. The summed E-state index contributed by atoms with van der Waals surface area (Å²) in [6.07, 6.45) is 5.10. The van der Waals surface area contributed by atoms with E-state index in [0.29, 0.717) is 28.2 Å². The van der Waals surface area contributed by atoms with Gasteiger partial charge in [-0.3, -0.25) is 9.78 Å². The lowest BCUT2D eigenvalue weighted by Gasteiger charge is -2.08. The summed E-state index contributed by atoms with van der Waals surface area (Å²) in [4.78, 5) is 20.3. The van der Waals surface area contributed by atoms with Gasteiger partial charge in [0, 0.05) is 23.5 Å². The molecule has 0 saturated carbocycles. The first-order valence-electron chi connectivity index (χ1n) is 6.21. The molecule has 2 aromatic heterocycles. The van der Waals surface area contributed by atoms with E-state index in [2.05, 4.69) is 15.3 Å². The second kappa shape index (κ2) is 4.45. The highest BCUT2D eigenvalue weighted by atomic mass is 16.3. The number of aryl methyl sites for hydroxylation is 1. The van der Waals surface area contributed by atoms with Crippen LogP contribution in [-0.4, -0.2) is 21.0 Å². The van der Waals surface area contributed by atoms with Gasteiger partial charge in [-0.2, -0.15) is 0 Å². The lowest BCUT2D eigenvalue weighted by atomic mass is 10.0. The van der Waals surface area contributed by atoms with Crippen LogP contribution in [-0.2, 0) is 4.79 Å². The SMILES string of the molecule is Cc1nc2c(c(C)c1O)/C(=C/c1ccncc1)C(=O)N2. The molecule has 3 rings (SSSR count). The van der Waals surface area contributed by atoms with Gasteiger partial charge in [0.15, 0.2) is 0 Å². The summed E-state index contributed by atoms with van der Waals surface area (Å²) in [7, 11) is 0. The Morgan fingerprint density at radius 3 is 2.65 bits per heavy atom. The maximum atomic E-state index is 12.1. The van der Waals surface area contributed by atoms with E-state index in [4.69, 9.17) is 0 Å². The molecule has 1 amide bonds. The molecule has 1 aliphatic rings. The number of hydrogen-bond donors (Lipinski definition) is 2. The molecule has 0 spiro atoms. The number of rotatable bonds is 1. The highest BCUT2D eigenvalue weighted by Gasteiger charge is 2.29. The number of aromatic hydroxyl groups is 1. The molecule has 1 aliphatic heterocycles. The Morgan fingerprint density at radius 1 is 1.25 bits per heavy atom. The zero-order chi connectivity index (χ0) is 14.3. The van der Waals surface area contributed by atoms with E-state index in [1.54, 1.807) is 32.3 Å². The van der Waals surface area contributed by atoms with Gasteiger partial charge < -0.3 is 10.4 Å². The molecule has 0 unspecified atom stereocenters. The fourth-order valence-electron chi connectivity index (χ4n) is 2.32. The van der Waals surface area contributed by atoms with Crippen LogP contribution in [0.2, 0.25) is 0 Å². The number of pyridine rings is 2. The van der Waals surface area contributed by atoms with Crippen LogP contribution >= 0.6 is 0 Å². The number of nitrogens with one attached hydrogen (secondary N) is 1. The first kappa shape index (κ1) is 12.3. The topological polar surface area (TPSA) is 75.1 Å². The van der Waals surface area contributed by atoms with Crippen molar-refractivity contribution in [3.63, 3.8) is 0 Å². The van der Waals surface area contributed by atoms with Crippen molar-refractivity contribution in [2.75, 3.05) is 5.32 Å². The van der Waals surface area contributed by atoms with E-state index in [9.17, 15) is 9.90 Å². The van der Waals surface area contributed by atoms with Crippen molar-refractivity contribution in [2.24, 2.45) is 0 Å². The van der Waals surface area contributed by atoms with Crippen molar-refractivity contribution in [3.05, 3.63) is 46.9 Å². The second-order valence-corrected chi connectivity index (χ2v) is 4.69. The van der Waals surface area contributed by atoms with E-state index < -0.39 is 0 Å². The van der Waals surface area contributed by atoms with Crippen LogP contribution in [0.1, 0.15) is 22.4 Å². The van der Waals surface area contributed by atoms with Crippen LogP contribution in [0.4, 0.5) is 5.82 Å². The number of amides is 1. The van der Waals surface area contributed by atoms with Crippen LogP contribution in [0.25, 0.3) is 11.6 Å². The molecular formula is C15H13N3O2. The Bertz CT molecular complexity index is 737. The predicted octanol–water partition coefficient (Wildman–Crippen LogP) is 2.29. The van der Waals surface area contributed by atoms with Crippen molar-refractivity contribution in [3.8, 4) is 5.75 Å². The van der Waals surface area contributed by atoms with Crippen LogP contribution in [0.3, 0.4) is 0 Å². The summed E-state index contributed by atoms with van der Waals surface area (Å²) in [5.74, 6) is 0.418. The van der Waals surface area contributed by atoms with Gasteiger partial charge in [0.1, 0.15) is 11.6 Å². The van der Waals surface area contributed by atoms with Gasteiger partial charge in [0.25, 0.3) is 5.91 Å². The molecule has 0 atom stereocenters. The highest BCUT2D eigenvalue weighted by Crippen LogP contribution is 2.38. The summed E-state index contributed by atoms with van der Waals surface area (Å²) in [5.41, 5.74) is 3.21. The van der Waals surface area contributed by atoms with E-state index in [-0.39, 0.29) is 11.7 Å². The van der Waals surface area contributed by atoms with E-state index in [1.165, 1.54) is 0 Å². The minimum absolute atomic E-state index is 0.126. The number of hydrogen-bond acceptors (Lipinski definition) is 4. The molecule has 3 heterocycles. The van der Waals surface area contributed by atoms with Gasteiger partial charge in [-0.25, -0.2) is 4.98 Å². The number of anilines is 1. The highest BCUT2D eigenvalue weighted by molar-refractivity contribution is 6.35. The monoisotopic (exact) mass is 267 g/mol. The Labute approximate surface area is 116 Å². The molecule has 0 radical (unpaired) electrons. The molecule has 0 saturated heterocycles. The van der Waals surface area contributed by atoms with Crippen molar-refractivity contribution >= 4 is 23.4 Å². The summed E-state index contributed by atoms with van der Waals surface area (Å²) >= 11 is 0. The minimum atomic E-state index is -0.211. The normalized spacial score (nSPS) is 15.3. The number of aromatic nitrogens is 2. The molecule has 0 fully saturated rings. The van der Waals surface area contributed by atoms with Crippen LogP contribution in [0.5, 0.6) is 5.75 Å². The first-order chi connectivity index (χ1) is 9.58. The lowest BCUT2D eigenvalue weighted by molar-refractivity contribution is -0.110. The summed E-state index contributed by atoms with van der Waals surface area (Å²) in [5, 5.41) is 12.7. The minimum Gasteiger partial charge on any atom is -0.506 e. The standard InChI is InChI=1S/C15H13N3O2/c1-8-12-11(7-10-3-5-16-6-4-10)15(20)18-14(12)17-9(2)13(8)19/h3-7,19H,1-2H3,(H,17,18,20)/b11-7-. The third-order valence-corrected chi connectivity index (χ3v) is 3.35. The third-order valence-electron chi connectivity index (χ3n) is 3.35. The molecule has 0 bridgehead atoms. The fraction of sp³-hybridized carbons (Fsp3) is 0.133. The van der Waals surface area contributed by atoms with Gasteiger partial charge in [0.05, 0.1) is 11.3 Å². The molecule has 2 N–H and O–H groups in total. The quantitative estimate of drug-likeness (QED) is 0.777. The molecule has 5 nitrogen and oxygen atoms in total. The molecular weight excluding hydrogens is 254 g/mol. The van der Waals surface area contributed by atoms with Gasteiger partial charge in [-0.05, 0) is 37.6 Å².